The Hall–Kier alpha value is -1.90. The molecule has 1 aromatic carbocycles. The maximum Gasteiger partial charge on any atom is 0.526 e. The van der Waals surface area contributed by atoms with Crippen LogP contribution < -0.4 is 9.97 Å². The van der Waals surface area contributed by atoms with E-state index in [0.717, 1.165) is 19.4 Å². The van der Waals surface area contributed by atoms with Gasteiger partial charge in [-0.15, -0.1) is 0 Å². The molecule has 1 aromatic rings. The molecule has 1 fully saturated rings. The Morgan fingerprint density at radius 1 is 1.23 bits per heavy atom. The summed E-state index contributed by atoms with van der Waals surface area (Å²) in [4.78, 5) is 23.9. The van der Waals surface area contributed by atoms with E-state index in [4.69, 9.17) is 9.39 Å². The first kappa shape index (κ1) is 22.8. The van der Waals surface area contributed by atoms with Crippen molar-refractivity contribution in [3.8, 4) is 5.75 Å². The Morgan fingerprint density at radius 2 is 2.07 bits per heavy atom. The molecule has 2 aliphatic rings. The highest BCUT2D eigenvalue weighted by Gasteiger charge is 2.38. The summed E-state index contributed by atoms with van der Waals surface area (Å²) in [5, 5.41) is 23.1. The SMILES string of the molecule is CCCCCNC1CCC(CC(=O)C[C@H]2Cc3cccc(C(=O)O)c3OB2O)OC1. The van der Waals surface area contributed by atoms with E-state index >= 15 is 0 Å². The summed E-state index contributed by atoms with van der Waals surface area (Å²) in [5.74, 6) is -1.24. The molecule has 30 heavy (non-hydrogen) atoms. The van der Waals surface area contributed by atoms with Crippen LogP contribution in [0.1, 0.15) is 67.8 Å². The van der Waals surface area contributed by atoms with Gasteiger partial charge in [0.2, 0.25) is 0 Å². The number of para-hydroxylation sites is 1. The normalized spacial score (nSPS) is 23.5. The van der Waals surface area contributed by atoms with Gasteiger partial charge in [0.1, 0.15) is 11.5 Å². The Bertz CT molecular complexity index is 734. The summed E-state index contributed by atoms with van der Waals surface area (Å²) in [7, 11) is -1.19. The highest BCUT2D eigenvalue weighted by molar-refractivity contribution is 6.47. The minimum absolute atomic E-state index is 0.0322. The topological polar surface area (TPSA) is 105 Å². The van der Waals surface area contributed by atoms with Gasteiger partial charge in [0.15, 0.2) is 0 Å². The van der Waals surface area contributed by atoms with Gasteiger partial charge in [-0.05, 0) is 43.9 Å². The van der Waals surface area contributed by atoms with Crippen LogP contribution in [0.15, 0.2) is 18.2 Å². The summed E-state index contributed by atoms with van der Waals surface area (Å²) in [6.45, 7) is 3.83. The Kier molecular flexibility index (Phi) is 8.30. The fraction of sp³-hybridized carbons (Fsp3) is 0.636. The molecule has 0 bridgehead atoms. The smallest absolute Gasteiger partial charge is 0.526 e. The van der Waals surface area contributed by atoms with Gasteiger partial charge in [0.25, 0.3) is 0 Å². The van der Waals surface area contributed by atoms with E-state index in [-0.39, 0.29) is 35.4 Å². The molecule has 0 aliphatic carbocycles. The molecule has 164 valence electrons. The number of fused-ring (bicyclic) bond motifs is 1. The summed E-state index contributed by atoms with van der Waals surface area (Å²) < 4.78 is 11.4. The van der Waals surface area contributed by atoms with Gasteiger partial charge >= 0.3 is 13.1 Å². The van der Waals surface area contributed by atoms with Gasteiger partial charge in [-0.1, -0.05) is 31.9 Å². The number of hydrogen-bond acceptors (Lipinski definition) is 6. The largest absolute Gasteiger partial charge is 0.535 e. The molecule has 8 heteroatoms. The molecule has 7 nitrogen and oxygen atoms in total. The van der Waals surface area contributed by atoms with E-state index in [2.05, 4.69) is 12.2 Å². The van der Waals surface area contributed by atoms with Crippen LogP contribution >= 0.6 is 0 Å². The Labute approximate surface area is 178 Å². The van der Waals surface area contributed by atoms with Crippen LogP contribution in [0.25, 0.3) is 0 Å². The van der Waals surface area contributed by atoms with Gasteiger partial charge in [0.05, 0.1) is 18.3 Å². The number of benzene rings is 1. The number of hydrogen-bond donors (Lipinski definition) is 3. The predicted molar refractivity (Wildman–Crippen MR) is 114 cm³/mol. The first-order valence-electron chi connectivity index (χ1n) is 11.0. The fourth-order valence-electron chi connectivity index (χ4n) is 4.27. The monoisotopic (exact) mass is 417 g/mol. The number of carbonyl (C=O) groups is 2. The third kappa shape index (κ3) is 6.06. The molecule has 1 saturated heterocycles. The minimum Gasteiger partial charge on any atom is -0.535 e. The van der Waals surface area contributed by atoms with E-state index < -0.39 is 13.1 Å². The van der Waals surface area contributed by atoms with Crippen LogP contribution in [-0.4, -0.2) is 54.3 Å². The molecular formula is C22H32BNO6. The van der Waals surface area contributed by atoms with Crippen molar-refractivity contribution in [1.82, 2.24) is 5.32 Å². The van der Waals surface area contributed by atoms with Crippen molar-refractivity contribution < 1.29 is 29.1 Å². The van der Waals surface area contributed by atoms with Crippen molar-refractivity contribution in [2.45, 2.75) is 76.3 Å². The number of rotatable bonds is 10. The molecule has 2 heterocycles. The highest BCUT2D eigenvalue weighted by Crippen LogP contribution is 2.36. The zero-order chi connectivity index (χ0) is 21.5. The third-order valence-corrected chi connectivity index (χ3v) is 5.98. The molecule has 0 amide bonds. The molecule has 0 spiro atoms. The van der Waals surface area contributed by atoms with Crippen molar-refractivity contribution >= 4 is 18.9 Å². The van der Waals surface area contributed by atoms with E-state index in [1.165, 1.54) is 25.3 Å². The van der Waals surface area contributed by atoms with E-state index in [0.29, 0.717) is 31.1 Å². The predicted octanol–water partition coefficient (Wildman–Crippen LogP) is 2.85. The van der Waals surface area contributed by atoms with Gasteiger partial charge in [-0.2, -0.15) is 0 Å². The van der Waals surface area contributed by atoms with Gasteiger partial charge in [-0.25, -0.2) is 4.79 Å². The maximum atomic E-state index is 12.6. The molecule has 2 aliphatic heterocycles. The van der Waals surface area contributed by atoms with Crippen LogP contribution in [0.3, 0.4) is 0 Å². The number of carbonyl (C=O) groups excluding carboxylic acids is 1. The number of aromatic carboxylic acids is 1. The summed E-state index contributed by atoms with van der Waals surface area (Å²) >= 11 is 0. The quantitative estimate of drug-likeness (QED) is 0.397. The second-order valence-electron chi connectivity index (χ2n) is 8.41. The molecule has 3 atom stereocenters. The second kappa shape index (κ2) is 10.9. The standard InChI is InChI=1S/C22H32BNO6/c1-2-3-4-10-24-17-8-9-19(29-14-17)13-18(25)12-16-11-15-6-5-7-20(22(26)27)21(15)30-23(16)28/h5-7,16-17,19,24,28H,2-4,8-14H2,1H3,(H,26,27)/t16-,17?,19?/m1/s1. The zero-order valence-electron chi connectivity index (χ0n) is 17.6. The van der Waals surface area contributed by atoms with Crippen molar-refractivity contribution in [2.24, 2.45) is 0 Å². The lowest BCUT2D eigenvalue weighted by Gasteiger charge is -2.30. The van der Waals surface area contributed by atoms with Crippen molar-refractivity contribution in [3.63, 3.8) is 0 Å². The molecule has 3 rings (SSSR count). The zero-order valence-corrected chi connectivity index (χ0v) is 17.6. The lowest BCUT2D eigenvalue weighted by molar-refractivity contribution is -0.123. The van der Waals surface area contributed by atoms with E-state index in [1.807, 2.05) is 0 Å². The number of carboxylic acids is 1. The molecule has 3 N–H and O–H groups in total. The summed E-state index contributed by atoms with van der Waals surface area (Å²) in [6, 6.07) is 5.25. The van der Waals surface area contributed by atoms with Gasteiger partial charge in [-0.3, -0.25) is 4.79 Å². The third-order valence-electron chi connectivity index (χ3n) is 5.98. The number of carboxylic acid groups (broad SMARTS) is 1. The number of ether oxygens (including phenoxy) is 1. The first-order chi connectivity index (χ1) is 14.5. The van der Waals surface area contributed by atoms with E-state index in [9.17, 15) is 19.7 Å². The molecule has 0 aromatic heterocycles. The maximum absolute atomic E-state index is 12.6. The average Bonchev–Trinajstić information content (AvgIpc) is 2.72. The highest BCUT2D eigenvalue weighted by atomic mass is 16.5. The van der Waals surface area contributed by atoms with Crippen molar-refractivity contribution in [2.75, 3.05) is 13.2 Å². The fourth-order valence-corrected chi connectivity index (χ4v) is 4.27. The number of Topliss-reactive ketones (excluding diaryl/α,β-unsaturated/α-hetero) is 1. The Balaban J connectivity index is 1.45. The number of nitrogens with one attached hydrogen (secondary N) is 1. The minimum atomic E-state index is -1.19. The van der Waals surface area contributed by atoms with Crippen molar-refractivity contribution in [3.05, 3.63) is 29.3 Å². The van der Waals surface area contributed by atoms with Crippen LogP contribution in [0.5, 0.6) is 5.75 Å². The van der Waals surface area contributed by atoms with Crippen LogP contribution in [0.4, 0.5) is 0 Å². The summed E-state index contributed by atoms with van der Waals surface area (Å²) in [6.07, 6.45) is 6.35. The van der Waals surface area contributed by atoms with Crippen molar-refractivity contribution in [1.29, 1.82) is 0 Å². The number of unbranched alkanes of at least 4 members (excludes halogenated alkanes) is 2. The van der Waals surface area contributed by atoms with Crippen LogP contribution in [-0.2, 0) is 16.0 Å². The average molecular weight is 417 g/mol. The van der Waals surface area contributed by atoms with E-state index in [1.54, 1.807) is 12.1 Å². The first-order valence-corrected chi connectivity index (χ1v) is 11.0. The second-order valence-corrected chi connectivity index (χ2v) is 8.41. The molecule has 2 unspecified atom stereocenters. The van der Waals surface area contributed by atoms with Crippen LogP contribution in [0.2, 0.25) is 5.82 Å². The number of ketones is 1. The molecule has 0 saturated carbocycles. The lowest BCUT2D eigenvalue weighted by Crippen LogP contribution is -2.41. The molecular weight excluding hydrogens is 385 g/mol. The summed E-state index contributed by atoms with van der Waals surface area (Å²) in [5.41, 5.74) is 0.744. The lowest BCUT2D eigenvalue weighted by atomic mass is 9.64. The molecule has 0 radical (unpaired) electrons. The van der Waals surface area contributed by atoms with Crippen LogP contribution in [0, 0.1) is 0 Å². The van der Waals surface area contributed by atoms with Gasteiger partial charge < -0.3 is 24.8 Å². The van der Waals surface area contributed by atoms with Gasteiger partial charge in [0, 0.05) is 24.7 Å². The Morgan fingerprint density at radius 3 is 2.77 bits per heavy atom.